The van der Waals surface area contributed by atoms with Crippen LogP contribution in [0, 0.1) is 17.8 Å². The molecule has 0 spiro atoms. The summed E-state index contributed by atoms with van der Waals surface area (Å²) in [5, 5.41) is 0. The lowest BCUT2D eigenvalue weighted by atomic mass is 9.75. The van der Waals surface area contributed by atoms with Gasteiger partial charge in [-0.3, -0.25) is 9.59 Å². The van der Waals surface area contributed by atoms with Crippen molar-refractivity contribution in [2.24, 2.45) is 17.8 Å². The molecule has 3 heteroatoms. The highest BCUT2D eigenvalue weighted by Gasteiger charge is 2.33. The van der Waals surface area contributed by atoms with Gasteiger partial charge in [0, 0.05) is 12.0 Å². The van der Waals surface area contributed by atoms with E-state index >= 15 is 0 Å². The highest BCUT2D eigenvalue weighted by molar-refractivity contribution is 5.94. The Labute approximate surface area is 145 Å². The van der Waals surface area contributed by atoms with Crippen LogP contribution in [0.15, 0.2) is 24.3 Å². The molecule has 1 saturated carbocycles. The number of benzene rings is 1. The predicted octanol–water partition coefficient (Wildman–Crippen LogP) is 4.83. The van der Waals surface area contributed by atoms with Crippen LogP contribution in [0.4, 0.5) is 0 Å². The maximum atomic E-state index is 12.3. The standard InChI is InChI=1S/C21H30O3/c1-14(2)19-11-5-15(3)13-20(19)24-21(23)12-8-17-6-9-18(10-7-17)16(4)22/h6-7,9-10,14-15,19-20H,5,8,11-13H2,1-4H3. The third-order valence-electron chi connectivity index (χ3n) is 5.22. The van der Waals surface area contributed by atoms with Gasteiger partial charge in [0.15, 0.2) is 5.78 Å². The van der Waals surface area contributed by atoms with E-state index in [1.54, 1.807) is 6.92 Å². The Morgan fingerprint density at radius 3 is 2.42 bits per heavy atom. The van der Waals surface area contributed by atoms with Gasteiger partial charge in [-0.25, -0.2) is 0 Å². The largest absolute Gasteiger partial charge is 0.462 e. The lowest BCUT2D eigenvalue weighted by Crippen LogP contribution is -2.35. The summed E-state index contributed by atoms with van der Waals surface area (Å²) in [6.07, 6.45) is 4.51. The van der Waals surface area contributed by atoms with Gasteiger partial charge in [-0.05, 0) is 49.5 Å². The number of Topliss-reactive ketones (excluding diaryl/α,β-unsaturated/α-hetero) is 1. The van der Waals surface area contributed by atoms with E-state index in [0.29, 0.717) is 36.2 Å². The highest BCUT2D eigenvalue weighted by atomic mass is 16.5. The number of aryl methyl sites for hydroxylation is 1. The number of ketones is 1. The minimum atomic E-state index is -0.101. The lowest BCUT2D eigenvalue weighted by Gasteiger charge is -2.36. The van der Waals surface area contributed by atoms with Gasteiger partial charge in [-0.1, -0.05) is 51.5 Å². The smallest absolute Gasteiger partial charge is 0.306 e. The molecule has 1 aromatic carbocycles. The Morgan fingerprint density at radius 2 is 1.83 bits per heavy atom. The van der Waals surface area contributed by atoms with E-state index in [2.05, 4.69) is 20.8 Å². The van der Waals surface area contributed by atoms with Gasteiger partial charge in [0.05, 0.1) is 0 Å². The molecule has 1 aliphatic carbocycles. The average molecular weight is 330 g/mol. The van der Waals surface area contributed by atoms with E-state index in [0.717, 1.165) is 18.4 Å². The van der Waals surface area contributed by atoms with Gasteiger partial charge in [-0.2, -0.15) is 0 Å². The van der Waals surface area contributed by atoms with Crippen molar-refractivity contribution in [3.05, 3.63) is 35.4 Å². The van der Waals surface area contributed by atoms with E-state index in [1.807, 2.05) is 24.3 Å². The minimum absolute atomic E-state index is 0.0621. The Kier molecular flexibility index (Phi) is 6.59. The van der Waals surface area contributed by atoms with Gasteiger partial charge >= 0.3 is 5.97 Å². The van der Waals surface area contributed by atoms with Crippen LogP contribution in [0.3, 0.4) is 0 Å². The molecule has 3 atom stereocenters. The van der Waals surface area contributed by atoms with Crippen molar-refractivity contribution in [1.82, 2.24) is 0 Å². The van der Waals surface area contributed by atoms with Crippen molar-refractivity contribution in [3.63, 3.8) is 0 Å². The zero-order chi connectivity index (χ0) is 17.7. The molecule has 1 aliphatic rings. The van der Waals surface area contributed by atoms with E-state index in [1.165, 1.54) is 6.42 Å². The van der Waals surface area contributed by atoms with Crippen molar-refractivity contribution in [2.75, 3.05) is 0 Å². The van der Waals surface area contributed by atoms with Crippen LogP contribution in [0.5, 0.6) is 0 Å². The van der Waals surface area contributed by atoms with Crippen LogP contribution in [-0.2, 0) is 16.0 Å². The zero-order valence-corrected chi connectivity index (χ0v) is 15.4. The third kappa shape index (κ3) is 5.19. The van der Waals surface area contributed by atoms with Gasteiger partial charge in [-0.15, -0.1) is 0 Å². The zero-order valence-electron chi connectivity index (χ0n) is 15.4. The van der Waals surface area contributed by atoms with Gasteiger partial charge in [0.25, 0.3) is 0 Å². The predicted molar refractivity (Wildman–Crippen MR) is 96.0 cm³/mol. The number of rotatable bonds is 6. The maximum Gasteiger partial charge on any atom is 0.306 e. The summed E-state index contributed by atoms with van der Waals surface area (Å²) in [5.41, 5.74) is 1.77. The van der Waals surface area contributed by atoms with E-state index < -0.39 is 0 Å². The van der Waals surface area contributed by atoms with Gasteiger partial charge < -0.3 is 4.74 Å². The minimum Gasteiger partial charge on any atom is -0.462 e. The molecular weight excluding hydrogens is 300 g/mol. The monoisotopic (exact) mass is 330 g/mol. The molecule has 3 nitrogen and oxygen atoms in total. The summed E-state index contributed by atoms with van der Waals surface area (Å²) in [7, 11) is 0. The van der Waals surface area contributed by atoms with Crippen molar-refractivity contribution < 1.29 is 14.3 Å². The van der Waals surface area contributed by atoms with Crippen LogP contribution in [-0.4, -0.2) is 17.9 Å². The van der Waals surface area contributed by atoms with Crippen LogP contribution in [0.1, 0.15) is 69.3 Å². The Morgan fingerprint density at radius 1 is 1.17 bits per heavy atom. The molecule has 0 radical (unpaired) electrons. The van der Waals surface area contributed by atoms with Crippen LogP contribution in [0.25, 0.3) is 0 Å². The molecule has 0 aromatic heterocycles. The van der Waals surface area contributed by atoms with Gasteiger partial charge in [0.1, 0.15) is 6.10 Å². The Balaban J connectivity index is 1.86. The number of ether oxygens (including phenoxy) is 1. The molecular formula is C21H30O3. The van der Waals surface area contributed by atoms with Crippen molar-refractivity contribution in [3.8, 4) is 0 Å². The second-order valence-corrected chi connectivity index (χ2v) is 7.61. The summed E-state index contributed by atoms with van der Waals surface area (Å²) < 4.78 is 5.83. The fourth-order valence-corrected chi connectivity index (χ4v) is 3.63. The molecule has 0 saturated heterocycles. The normalized spacial score (nSPS) is 24.0. The van der Waals surface area contributed by atoms with E-state index in [-0.39, 0.29) is 17.9 Å². The quantitative estimate of drug-likeness (QED) is 0.554. The molecule has 132 valence electrons. The first-order valence-electron chi connectivity index (χ1n) is 9.16. The molecule has 0 aliphatic heterocycles. The average Bonchev–Trinajstić information content (AvgIpc) is 2.53. The molecule has 0 N–H and O–H groups in total. The fourth-order valence-electron chi connectivity index (χ4n) is 3.63. The molecule has 0 bridgehead atoms. The van der Waals surface area contributed by atoms with Crippen molar-refractivity contribution >= 4 is 11.8 Å². The van der Waals surface area contributed by atoms with E-state index in [9.17, 15) is 9.59 Å². The highest BCUT2D eigenvalue weighted by Crippen LogP contribution is 2.35. The molecule has 3 unspecified atom stereocenters. The summed E-state index contributed by atoms with van der Waals surface area (Å²) >= 11 is 0. The third-order valence-corrected chi connectivity index (χ3v) is 5.22. The van der Waals surface area contributed by atoms with Crippen LogP contribution >= 0.6 is 0 Å². The first kappa shape index (κ1) is 18.7. The van der Waals surface area contributed by atoms with Crippen molar-refractivity contribution in [1.29, 1.82) is 0 Å². The van der Waals surface area contributed by atoms with Crippen molar-refractivity contribution in [2.45, 2.75) is 65.9 Å². The second-order valence-electron chi connectivity index (χ2n) is 7.61. The van der Waals surface area contributed by atoms with E-state index in [4.69, 9.17) is 4.74 Å². The SMILES string of the molecule is CC(=O)c1ccc(CCC(=O)OC2CC(C)CCC2C(C)C)cc1. The summed E-state index contributed by atoms with van der Waals surface area (Å²) in [5.74, 6) is 1.63. The molecule has 0 heterocycles. The summed E-state index contributed by atoms with van der Waals surface area (Å²) in [4.78, 5) is 23.5. The molecule has 24 heavy (non-hydrogen) atoms. The molecule has 2 rings (SSSR count). The van der Waals surface area contributed by atoms with Gasteiger partial charge in [0.2, 0.25) is 0 Å². The molecule has 1 fully saturated rings. The number of esters is 1. The summed E-state index contributed by atoms with van der Waals surface area (Å²) in [6, 6.07) is 7.48. The Hall–Kier alpha value is -1.64. The Bertz CT molecular complexity index is 559. The number of hydrogen-bond donors (Lipinski definition) is 0. The number of hydrogen-bond acceptors (Lipinski definition) is 3. The topological polar surface area (TPSA) is 43.4 Å². The second kappa shape index (κ2) is 8.46. The maximum absolute atomic E-state index is 12.3. The van der Waals surface area contributed by atoms with Crippen LogP contribution < -0.4 is 0 Å². The first-order valence-corrected chi connectivity index (χ1v) is 9.16. The van der Waals surface area contributed by atoms with Crippen LogP contribution in [0.2, 0.25) is 0 Å². The molecule has 1 aromatic rings. The number of carbonyl (C=O) groups is 2. The lowest BCUT2D eigenvalue weighted by molar-refractivity contribution is -0.155. The summed E-state index contributed by atoms with van der Waals surface area (Å²) in [6.45, 7) is 8.24. The fraction of sp³-hybridized carbons (Fsp3) is 0.619. The first-order chi connectivity index (χ1) is 11.4. The number of carbonyl (C=O) groups excluding carboxylic acids is 2. The molecule has 0 amide bonds.